The first-order chi connectivity index (χ1) is 11.9. The van der Waals surface area contributed by atoms with Crippen molar-refractivity contribution in [2.45, 2.75) is 45.2 Å². The molecule has 1 saturated carbocycles. The summed E-state index contributed by atoms with van der Waals surface area (Å²) in [5.74, 6) is 1.04. The molecule has 1 aliphatic carbocycles. The summed E-state index contributed by atoms with van der Waals surface area (Å²) in [6, 6.07) is 3.78. The van der Waals surface area contributed by atoms with Crippen LogP contribution in [0, 0.1) is 6.92 Å². The molecule has 0 spiro atoms. The summed E-state index contributed by atoms with van der Waals surface area (Å²) in [5, 5.41) is 4.11. The standard InChI is InChI=1S/C19H20F3NO2/c1-3-24-9-8-13-6-7-16(19(20,21)22)10-15(13)11-17-12(2)25-23-18(17)14-4-5-14/h6-10,14H,3-5,11H2,1-2H3. The van der Waals surface area contributed by atoms with E-state index in [1.54, 1.807) is 13.0 Å². The molecule has 2 aromatic rings. The molecule has 0 N–H and O–H groups in total. The van der Waals surface area contributed by atoms with E-state index in [0.29, 0.717) is 35.8 Å². The van der Waals surface area contributed by atoms with Crippen molar-refractivity contribution in [1.29, 1.82) is 0 Å². The van der Waals surface area contributed by atoms with Crippen molar-refractivity contribution in [3.8, 4) is 0 Å². The molecule has 0 saturated heterocycles. The highest BCUT2D eigenvalue weighted by molar-refractivity contribution is 5.56. The largest absolute Gasteiger partial charge is 0.501 e. The van der Waals surface area contributed by atoms with Gasteiger partial charge in [-0.05, 0) is 56.0 Å². The fourth-order valence-corrected chi connectivity index (χ4v) is 2.81. The van der Waals surface area contributed by atoms with Gasteiger partial charge in [0.25, 0.3) is 0 Å². The van der Waals surface area contributed by atoms with E-state index in [0.717, 1.165) is 30.2 Å². The average Bonchev–Trinajstić information content (AvgIpc) is 3.33. The predicted octanol–water partition coefficient (Wildman–Crippen LogP) is 5.48. The summed E-state index contributed by atoms with van der Waals surface area (Å²) < 4.78 is 49.8. The van der Waals surface area contributed by atoms with Gasteiger partial charge in [-0.15, -0.1) is 0 Å². The van der Waals surface area contributed by atoms with Gasteiger partial charge in [0.2, 0.25) is 0 Å². The number of rotatable bonds is 6. The van der Waals surface area contributed by atoms with E-state index < -0.39 is 11.7 Å². The lowest BCUT2D eigenvalue weighted by atomic mass is 9.95. The van der Waals surface area contributed by atoms with Crippen LogP contribution in [0.2, 0.25) is 0 Å². The molecule has 1 fully saturated rings. The molecule has 1 aromatic carbocycles. The van der Waals surface area contributed by atoms with Crippen LogP contribution in [-0.4, -0.2) is 11.8 Å². The molecule has 134 valence electrons. The van der Waals surface area contributed by atoms with E-state index in [9.17, 15) is 13.2 Å². The van der Waals surface area contributed by atoms with Crippen LogP contribution in [-0.2, 0) is 17.3 Å². The van der Waals surface area contributed by atoms with E-state index in [2.05, 4.69) is 5.16 Å². The Morgan fingerprint density at radius 1 is 1.32 bits per heavy atom. The highest BCUT2D eigenvalue weighted by Gasteiger charge is 2.33. The van der Waals surface area contributed by atoms with Crippen LogP contribution in [0.15, 0.2) is 29.0 Å². The lowest BCUT2D eigenvalue weighted by Gasteiger charge is -2.12. The first-order valence-corrected chi connectivity index (χ1v) is 8.33. The number of benzene rings is 1. The van der Waals surface area contributed by atoms with Crippen LogP contribution in [0.4, 0.5) is 13.2 Å². The van der Waals surface area contributed by atoms with Crippen molar-refractivity contribution in [1.82, 2.24) is 5.16 Å². The van der Waals surface area contributed by atoms with Crippen molar-refractivity contribution in [2.75, 3.05) is 6.61 Å². The fourth-order valence-electron chi connectivity index (χ4n) is 2.81. The predicted molar refractivity (Wildman–Crippen MR) is 88.1 cm³/mol. The lowest BCUT2D eigenvalue weighted by Crippen LogP contribution is -2.07. The van der Waals surface area contributed by atoms with Gasteiger partial charge < -0.3 is 9.26 Å². The minimum absolute atomic E-state index is 0.358. The number of hydrogen-bond donors (Lipinski definition) is 0. The smallest absolute Gasteiger partial charge is 0.416 e. The third kappa shape index (κ3) is 4.06. The molecular weight excluding hydrogens is 331 g/mol. The minimum Gasteiger partial charge on any atom is -0.501 e. The summed E-state index contributed by atoms with van der Waals surface area (Å²) in [4.78, 5) is 0. The third-order valence-corrected chi connectivity index (χ3v) is 4.33. The first-order valence-electron chi connectivity index (χ1n) is 8.33. The Kier molecular flexibility index (Phi) is 4.88. The van der Waals surface area contributed by atoms with Gasteiger partial charge in [-0.1, -0.05) is 11.2 Å². The molecule has 3 rings (SSSR count). The van der Waals surface area contributed by atoms with Crippen LogP contribution in [0.3, 0.4) is 0 Å². The zero-order valence-corrected chi connectivity index (χ0v) is 14.2. The molecule has 0 bridgehead atoms. The second-order valence-electron chi connectivity index (χ2n) is 6.22. The molecule has 25 heavy (non-hydrogen) atoms. The van der Waals surface area contributed by atoms with Crippen molar-refractivity contribution >= 4 is 6.08 Å². The Hall–Kier alpha value is -2.24. The van der Waals surface area contributed by atoms with Crippen LogP contribution in [0.25, 0.3) is 6.08 Å². The number of halogens is 3. The molecule has 0 amide bonds. The SMILES string of the molecule is CCOC=Cc1ccc(C(F)(F)F)cc1Cc1c(C2CC2)noc1C. The zero-order valence-electron chi connectivity index (χ0n) is 14.2. The molecular formula is C19H20F3NO2. The summed E-state index contributed by atoms with van der Waals surface area (Å²) >= 11 is 0. The van der Waals surface area contributed by atoms with E-state index in [-0.39, 0.29) is 0 Å². The van der Waals surface area contributed by atoms with Gasteiger partial charge in [0.05, 0.1) is 24.1 Å². The fraction of sp³-hybridized carbons (Fsp3) is 0.421. The van der Waals surface area contributed by atoms with Gasteiger partial charge in [-0.25, -0.2) is 0 Å². The second kappa shape index (κ2) is 6.94. The van der Waals surface area contributed by atoms with Crippen LogP contribution in [0.1, 0.15) is 59.4 Å². The third-order valence-electron chi connectivity index (χ3n) is 4.33. The number of nitrogens with zero attached hydrogens (tertiary/aromatic N) is 1. The maximum Gasteiger partial charge on any atom is 0.416 e. The average molecular weight is 351 g/mol. The molecule has 1 aliphatic rings. The summed E-state index contributed by atoms with van der Waals surface area (Å²) in [6.07, 6.45) is 1.29. The summed E-state index contributed by atoms with van der Waals surface area (Å²) in [6.45, 7) is 4.15. The summed E-state index contributed by atoms with van der Waals surface area (Å²) in [7, 11) is 0. The Labute approximate surface area is 144 Å². The molecule has 0 radical (unpaired) electrons. The number of hydrogen-bond acceptors (Lipinski definition) is 3. The number of ether oxygens (including phenoxy) is 1. The van der Waals surface area contributed by atoms with Crippen molar-refractivity contribution in [2.24, 2.45) is 0 Å². The molecule has 0 aliphatic heterocycles. The van der Waals surface area contributed by atoms with Gasteiger partial charge in [-0.2, -0.15) is 13.2 Å². The molecule has 3 nitrogen and oxygen atoms in total. The normalized spacial score (nSPS) is 15.1. The van der Waals surface area contributed by atoms with Crippen molar-refractivity contribution < 1.29 is 22.4 Å². The van der Waals surface area contributed by atoms with Gasteiger partial charge in [0.15, 0.2) is 0 Å². The Bertz CT molecular complexity index is 773. The van der Waals surface area contributed by atoms with E-state index in [1.165, 1.54) is 18.4 Å². The van der Waals surface area contributed by atoms with Crippen LogP contribution in [0.5, 0.6) is 0 Å². The lowest BCUT2D eigenvalue weighted by molar-refractivity contribution is -0.137. The highest BCUT2D eigenvalue weighted by Crippen LogP contribution is 2.42. The Morgan fingerprint density at radius 2 is 2.08 bits per heavy atom. The number of alkyl halides is 3. The van der Waals surface area contributed by atoms with Gasteiger partial charge >= 0.3 is 6.18 Å². The topological polar surface area (TPSA) is 35.3 Å². The maximum absolute atomic E-state index is 13.1. The molecule has 1 heterocycles. The maximum atomic E-state index is 13.1. The molecule has 1 aromatic heterocycles. The van der Waals surface area contributed by atoms with E-state index >= 15 is 0 Å². The van der Waals surface area contributed by atoms with Crippen LogP contribution < -0.4 is 0 Å². The van der Waals surface area contributed by atoms with E-state index in [1.807, 2.05) is 6.92 Å². The van der Waals surface area contributed by atoms with Crippen molar-refractivity contribution in [3.63, 3.8) is 0 Å². The zero-order chi connectivity index (χ0) is 18.0. The molecule has 0 atom stereocenters. The molecule has 6 heteroatoms. The minimum atomic E-state index is -4.38. The van der Waals surface area contributed by atoms with Crippen molar-refractivity contribution in [3.05, 3.63) is 58.2 Å². The first kappa shape index (κ1) is 17.6. The van der Waals surface area contributed by atoms with Gasteiger partial charge in [0.1, 0.15) is 5.76 Å². The highest BCUT2D eigenvalue weighted by atomic mass is 19.4. The monoisotopic (exact) mass is 351 g/mol. The Balaban J connectivity index is 1.98. The van der Waals surface area contributed by atoms with Gasteiger partial charge in [0, 0.05) is 17.9 Å². The van der Waals surface area contributed by atoms with E-state index in [4.69, 9.17) is 9.26 Å². The van der Waals surface area contributed by atoms with Crippen LogP contribution >= 0.6 is 0 Å². The Morgan fingerprint density at radius 3 is 2.72 bits per heavy atom. The number of aromatic nitrogens is 1. The summed E-state index contributed by atoms with van der Waals surface area (Å²) in [5.41, 5.74) is 2.41. The quantitative estimate of drug-likeness (QED) is 0.647. The van der Waals surface area contributed by atoms with Gasteiger partial charge in [-0.3, -0.25) is 0 Å². The molecule has 0 unspecified atom stereocenters. The number of aryl methyl sites for hydroxylation is 1. The second-order valence-corrected chi connectivity index (χ2v) is 6.22.